The average Bonchev–Trinajstić information content (AvgIpc) is 2.28. The van der Waals surface area contributed by atoms with Crippen LogP contribution in [-0.2, 0) is 4.79 Å². The maximum atomic E-state index is 11.9. The molecule has 1 amide bonds. The first-order chi connectivity index (χ1) is 8.30. The summed E-state index contributed by atoms with van der Waals surface area (Å²) in [6.45, 7) is 11.6. The fraction of sp³-hybridized carbons (Fsp3) is 0.933. The highest BCUT2D eigenvalue weighted by Gasteiger charge is 2.28. The number of rotatable bonds is 5. The van der Waals surface area contributed by atoms with Gasteiger partial charge in [-0.2, -0.15) is 0 Å². The molecule has 1 atom stereocenters. The lowest BCUT2D eigenvalue weighted by molar-refractivity contribution is -0.123. The van der Waals surface area contributed by atoms with Crippen LogP contribution in [0.2, 0.25) is 0 Å². The zero-order chi connectivity index (χ0) is 13.8. The van der Waals surface area contributed by atoms with Gasteiger partial charge in [0.05, 0.1) is 6.04 Å². The molecule has 106 valence electrons. The van der Waals surface area contributed by atoms with Crippen molar-refractivity contribution in [3.05, 3.63) is 0 Å². The van der Waals surface area contributed by atoms with Gasteiger partial charge >= 0.3 is 0 Å². The highest BCUT2D eigenvalue weighted by atomic mass is 16.2. The Bertz CT molecular complexity index is 264. The van der Waals surface area contributed by atoms with Crippen molar-refractivity contribution in [2.24, 2.45) is 11.3 Å². The van der Waals surface area contributed by atoms with E-state index in [1.54, 1.807) is 0 Å². The molecule has 0 heterocycles. The Kier molecular flexibility index (Phi) is 5.64. The van der Waals surface area contributed by atoms with E-state index in [9.17, 15) is 4.79 Å². The van der Waals surface area contributed by atoms with Gasteiger partial charge in [0.2, 0.25) is 5.91 Å². The van der Waals surface area contributed by atoms with E-state index in [1.807, 2.05) is 6.92 Å². The van der Waals surface area contributed by atoms with Gasteiger partial charge in [0, 0.05) is 12.6 Å². The van der Waals surface area contributed by atoms with E-state index in [0.29, 0.717) is 17.4 Å². The minimum Gasteiger partial charge on any atom is -0.354 e. The molecule has 3 nitrogen and oxygen atoms in total. The van der Waals surface area contributed by atoms with Crippen LogP contribution in [0.4, 0.5) is 0 Å². The number of hydrogen-bond acceptors (Lipinski definition) is 2. The summed E-state index contributed by atoms with van der Waals surface area (Å²) in [6.07, 6.45) is 4.89. The molecule has 0 aromatic carbocycles. The molecule has 1 fully saturated rings. The third-order valence-corrected chi connectivity index (χ3v) is 3.90. The smallest absolute Gasteiger partial charge is 0.236 e. The van der Waals surface area contributed by atoms with Crippen molar-refractivity contribution >= 4 is 5.91 Å². The Morgan fingerprint density at radius 2 is 1.78 bits per heavy atom. The molecule has 0 radical (unpaired) electrons. The molecule has 0 aromatic heterocycles. The van der Waals surface area contributed by atoms with Crippen LogP contribution < -0.4 is 10.6 Å². The van der Waals surface area contributed by atoms with Crippen LogP contribution in [0.25, 0.3) is 0 Å². The highest BCUT2D eigenvalue weighted by molar-refractivity contribution is 5.81. The fourth-order valence-electron chi connectivity index (χ4n) is 2.45. The van der Waals surface area contributed by atoms with Crippen LogP contribution in [0.1, 0.15) is 60.3 Å². The van der Waals surface area contributed by atoms with Crippen molar-refractivity contribution in [2.75, 3.05) is 6.54 Å². The molecular weight excluding hydrogens is 224 g/mol. The van der Waals surface area contributed by atoms with Crippen molar-refractivity contribution < 1.29 is 4.79 Å². The van der Waals surface area contributed by atoms with E-state index in [1.165, 1.54) is 25.7 Å². The molecule has 1 aliphatic rings. The van der Waals surface area contributed by atoms with E-state index in [-0.39, 0.29) is 11.9 Å². The van der Waals surface area contributed by atoms with Crippen LogP contribution in [0, 0.1) is 11.3 Å². The molecule has 0 aliphatic heterocycles. The summed E-state index contributed by atoms with van der Waals surface area (Å²) in [7, 11) is 0. The third kappa shape index (κ3) is 5.38. The molecule has 1 aliphatic carbocycles. The second-order valence-electron chi connectivity index (χ2n) is 6.97. The van der Waals surface area contributed by atoms with Gasteiger partial charge in [-0.15, -0.1) is 0 Å². The maximum Gasteiger partial charge on any atom is 0.236 e. The van der Waals surface area contributed by atoms with Gasteiger partial charge in [-0.1, -0.05) is 27.7 Å². The standard InChI is InChI=1S/C15H30N2O/c1-11(2)10-16-14(18)12(3)17-13-6-8-15(4,5)9-7-13/h11-13,17H,6-10H2,1-5H3,(H,16,18). The number of carbonyl (C=O) groups excluding carboxylic acids is 1. The van der Waals surface area contributed by atoms with Gasteiger partial charge in [-0.3, -0.25) is 4.79 Å². The Balaban J connectivity index is 2.28. The molecule has 0 saturated heterocycles. The normalized spacial score (nSPS) is 21.9. The number of amides is 1. The van der Waals surface area contributed by atoms with Crippen molar-refractivity contribution in [3.8, 4) is 0 Å². The fourth-order valence-corrected chi connectivity index (χ4v) is 2.45. The van der Waals surface area contributed by atoms with Gasteiger partial charge in [-0.25, -0.2) is 0 Å². The molecule has 1 unspecified atom stereocenters. The highest BCUT2D eigenvalue weighted by Crippen LogP contribution is 2.35. The first-order valence-electron chi connectivity index (χ1n) is 7.34. The molecule has 3 heteroatoms. The molecule has 0 bridgehead atoms. The summed E-state index contributed by atoms with van der Waals surface area (Å²) in [5.41, 5.74) is 0.487. The van der Waals surface area contributed by atoms with Crippen LogP contribution >= 0.6 is 0 Å². The van der Waals surface area contributed by atoms with Gasteiger partial charge in [0.15, 0.2) is 0 Å². The Labute approximate surface area is 112 Å². The largest absolute Gasteiger partial charge is 0.354 e. The number of hydrogen-bond donors (Lipinski definition) is 2. The van der Waals surface area contributed by atoms with Gasteiger partial charge in [0.25, 0.3) is 0 Å². The van der Waals surface area contributed by atoms with E-state index in [4.69, 9.17) is 0 Å². The van der Waals surface area contributed by atoms with Crippen molar-refractivity contribution in [2.45, 2.75) is 72.4 Å². The first-order valence-corrected chi connectivity index (χ1v) is 7.34. The second kappa shape index (κ2) is 6.55. The summed E-state index contributed by atoms with van der Waals surface area (Å²) in [5, 5.41) is 6.45. The predicted molar refractivity (Wildman–Crippen MR) is 76.5 cm³/mol. The van der Waals surface area contributed by atoms with Crippen LogP contribution in [-0.4, -0.2) is 24.5 Å². The Morgan fingerprint density at radius 3 is 2.28 bits per heavy atom. The monoisotopic (exact) mass is 254 g/mol. The summed E-state index contributed by atoms with van der Waals surface area (Å²) in [5.74, 6) is 0.644. The van der Waals surface area contributed by atoms with Gasteiger partial charge in [-0.05, 0) is 43.9 Å². The number of nitrogens with one attached hydrogen (secondary N) is 2. The number of carbonyl (C=O) groups is 1. The molecule has 1 rings (SSSR count). The molecular formula is C15H30N2O. The van der Waals surface area contributed by atoms with Crippen LogP contribution in [0.15, 0.2) is 0 Å². The lowest BCUT2D eigenvalue weighted by Crippen LogP contribution is -2.48. The van der Waals surface area contributed by atoms with Crippen LogP contribution in [0.3, 0.4) is 0 Å². The maximum absolute atomic E-state index is 11.9. The van der Waals surface area contributed by atoms with Gasteiger partial charge < -0.3 is 10.6 Å². The van der Waals surface area contributed by atoms with Crippen LogP contribution in [0.5, 0.6) is 0 Å². The lowest BCUT2D eigenvalue weighted by Gasteiger charge is -2.35. The molecule has 2 N–H and O–H groups in total. The van der Waals surface area contributed by atoms with Crippen molar-refractivity contribution in [1.82, 2.24) is 10.6 Å². The van der Waals surface area contributed by atoms with E-state index in [2.05, 4.69) is 38.3 Å². The lowest BCUT2D eigenvalue weighted by atomic mass is 9.75. The molecule has 0 spiro atoms. The predicted octanol–water partition coefficient (Wildman–Crippen LogP) is 2.71. The summed E-state index contributed by atoms with van der Waals surface area (Å²) < 4.78 is 0. The topological polar surface area (TPSA) is 41.1 Å². The molecule has 0 aromatic rings. The average molecular weight is 254 g/mol. The molecule has 1 saturated carbocycles. The van der Waals surface area contributed by atoms with E-state index >= 15 is 0 Å². The summed E-state index contributed by atoms with van der Waals surface area (Å²) in [6, 6.07) is 0.438. The Morgan fingerprint density at radius 1 is 1.22 bits per heavy atom. The second-order valence-corrected chi connectivity index (χ2v) is 6.97. The quantitative estimate of drug-likeness (QED) is 0.792. The van der Waals surface area contributed by atoms with Crippen molar-refractivity contribution in [1.29, 1.82) is 0 Å². The van der Waals surface area contributed by atoms with E-state index in [0.717, 1.165) is 6.54 Å². The molecule has 18 heavy (non-hydrogen) atoms. The SMILES string of the molecule is CC(C)CNC(=O)C(C)NC1CCC(C)(C)CC1. The van der Waals surface area contributed by atoms with Crippen molar-refractivity contribution in [3.63, 3.8) is 0 Å². The first kappa shape index (κ1) is 15.5. The van der Waals surface area contributed by atoms with E-state index < -0.39 is 0 Å². The minimum absolute atomic E-state index is 0.0741. The van der Waals surface area contributed by atoms with Gasteiger partial charge in [0.1, 0.15) is 0 Å². The summed E-state index contributed by atoms with van der Waals surface area (Å²) in [4.78, 5) is 11.9. The minimum atomic E-state index is -0.0741. The third-order valence-electron chi connectivity index (χ3n) is 3.90. The Hall–Kier alpha value is -0.570. The summed E-state index contributed by atoms with van der Waals surface area (Å²) >= 11 is 0. The zero-order valence-corrected chi connectivity index (χ0v) is 12.7. The zero-order valence-electron chi connectivity index (χ0n) is 12.7.